The average Bonchev–Trinajstić information content (AvgIpc) is 2.68. The van der Waals surface area contributed by atoms with Gasteiger partial charge in [-0.2, -0.15) is 0 Å². The minimum absolute atomic E-state index is 0.294. The Labute approximate surface area is 99.6 Å². The van der Waals surface area contributed by atoms with Crippen molar-refractivity contribution in [1.82, 2.24) is 5.32 Å². The van der Waals surface area contributed by atoms with E-state index in [0.717, 1.165) is 17.4 Å². The minimum Gasteiger partial charge on any atom is -0.376 e. The quantitative estimate of drug-likeness (QED) is 0.883. The summed E-state index contributed by atoms with van der Waals surface area (Å²) < 4.78 is 6.64. The molecule has 0 saturated carbocycles. The third-order valence-corrected chi connectivity index (χ3v) is 4.11. The lowest BCUT2D eigenvalue weighted by Crippen LogP contribution is -2.33. The van der Waals surface area contributed by atoms with Crippen LogP contribution in [0, 0.1) is 0 Å². The molecular formula is C11H16ClNOS. The van der Waals surface area contributed by atoms with Crippen LogP contribution in [0.4, 0.5) is 0 Å². The van der Waals surface area contributed by atoms with Crippen molar-refractivity contribution in [2.75, 3.05) is 13.7 Å². The van der Waals surface area contributed by atoms with Gasteiger partial charge in [-0.15, -0.1) is 11.3 Å². The summed E-state index contributed by atoms with van der Waals surface area (Å²) in [5, 5.41) is 3.33. The molecule has 1 aromatic heterocycles. The second-order valence-electron chi connectivity index (χ2n) is 3.81. The van der Waals surface area contributed by atoms with Gasteiger partial charge in [0.05, 0.1) is 16.5 Å². The lowest BCUT2D eigenvalue weighted by Gasteiger charge is -2.29. The van der Waals surface area contributed by atoms with E-state index in [1.807, 2.05) is 13.1 Å². The molecule has 1 aliphatic rings. The molecule has 84 valence electrons. The van der Waals surface area contributed by atoms with Crippen LogP contribution in [0.3, 0.4) is 0 Å². The molecule has 2 unspecified atom stereocenters. The highest BCUT2D eigenvalue weighted by molar-refractivity contribution is 7.16. The van der Waals surface area contributed by atoms with E-state index in [1.54, 1.807) is 11.3 Å². The van der Waals surface area contributed by atoms with Crippen molar-refractivity contribution in [1.29, 1.82) is 0 Å². The van der Waals surface area contributed by atoms with Gasteiger partial charge in [0.1, 0.15) is 0 Å². The van der Waals surface area contributed by atoms with E-state index in [1.165, 1.54) is 17.7 Å². The summed E-state index contributed by atoms with van der Waals surface area (Å²) in [4.78, 5) is 1.27. The van der Waals surface area contributed by atoms with Gasteiger partial charge in [-0.1, -0.05) is 11.6 Å². The second-order valence-corrected chi connectivity index (χ2v) is 5.56. The molecule has 2 atom stereocenters. The summed E-state index contributed by atoms with van der Waals surface area (Å²) in [6, 6.07) is 4.34. The fourth-order valence-electron chi connectivity index (χ4n) is 2.04. The third kappa shape index (κ3) is 2.72. The number of rotatable bonds is 3. The summed E-state index contributed by atoms with van der Waals surface area (Å²) in [5.74, 6) is 0. The van der Waals surface area contributed by atoms with Crippen LogP contribution < -0.4 is 5.32 Å². The first-order valence-electron chi connectivity index (χ1n) is 5.35. The van der Waals surface area contributed by atoms with E-state index in [0.29, 0.717) is 12.1 Å². The van der Waals surface area contributed by atoms with E-state index in [-0.39, 0.29) is 0 Å². The van der Waals surface area contributed by atoms with Gasteiger partial charge in [0.2, 0.25) is 0 Å². The highest BCUT2D eigenvalue weighted by Crippen LogP contribution is 2.32. The molecule has 15 heavy (non-hydrogen) atoms. The molecule has 2 rings (SSSR count). The Morgan fingerprint density at radius 2 is 2.40 bits per heavy atom. The van der Waals surface area contributed by atoms with E-state index >= 15 is 0 Å². The fourth-order valence-corrected chi connectivity index (χ4v) is 3.26. The van der Waals surface area contributed by atoms with Crippen molar-refractivity contribution in [2.45, 2.75) is 31.4 Å². The third-order valence-electron chi connectivity index (χ3n) is 2.80. The van der Waals surface area contributed by atoms with Gasteiger partial charge in [0.15, 0.2) is 0 Å². The molecule has 0 amide bonds. The smallest absolute Gasteiger partial charge is 0.0931 e. The Hall–Kier alpha value is -0.0900. The summed E-state index contributed by atoms with van der Waals surface area (Å²) in [7, 11) is 1.98. The van der Waals surface area contributed by atoms with Crippen molar-refractivity contribution in [3.8, 4) is 0 Å². The first-order valence-corrected chi connectivity index (χ1v) is 6.55. The molecule has 0 aromatic carbocycles. The maximum atomic E-state index is 5.95. The van der Waals surface area contributed by atoms with Gasteiger partial charge in [-0.25, -0.2) is 0 Å². The molecular weight excluding hydrogens is 230 g/mol. The van der Waals surface area contributed by atoms with Gasteiger partial charge in [-0.05, 0) is 38.4 Å². The Bertz CT molecular complexity index is 309. The Morgan fingerprint density at radius 1 is 1.53 bits per heavy atom. The van der Waals surface area contributed by atoms with E-state index in [2.05, 4.69) is 11.4 Å². The van der Waals surface area contributed by atoms with Crippen LogP contribution in [0.1, 0.15) is 30.2 Å². The van der Waals surface area contributed by atoms with Crippen LogP contribution in [0.2, 0.25) is 4.34 Å². The normalized spacial score (nSPS) is 24.0. The van der Waals surface area contributed by atoms with Crippen LogP contribution >= 0.6 is 22.9 Å². The van der Waals surface area contributed by atoms with Crippen molar-refractivity contribution >= 4 is 22.9 Å². The van der Waals surface area contributed by atoms with E-state index in [9.17, 15) is 0 Å². The predicted molar refractivity (Wildman–Crippen MR) is 64.7 cm³/mol. The lowest BCUT2D eigenvalue weighted by molar-refractivity contribution is -0.00588. The monoisotopic (exact) mass is 245 g/mol. The number of ether oxygens (including phenoxy) is 1. The Morgan fingerprint density at radius 3 is 2.93 bits per heavy atom. The number of likely N-dealkylation sites (N-methyl/N-ethyl adjacent to an activating group) is 1. The van der Waals surface area contributed by atoms with Gasteiger partial charge in [-0.3, -0.25) is 0 Å². The molecule has 1 N–H and O–H groups in total. The number of thiophene rings is 1. The molecule has 0 bridgehead atoms. The van der Waals surface area contributed by atoms with Gasteiger partial charge in [0.25, 0.3) is 0 Å². The number of hydrogen-bond donors (Lipinski definition) is 1. The Balaban J connectivity index is 2.08. The first-order chi connectivity index (χ1) is 7.31. The zero-order valence-corrected chi connectivity index (χ0v) is 10.4. The van der Waals surface area contributed by atoms with Crippen molar-refractivity contribution < 1.29 is 4.74 Å². The van der Waals surface area contributed by atoms with Crippen LogP contribution in [0.15, 0.2) is 12.1 Å². The number of hydrogen-bond acceptors (Lipinski definition) is 3. The topological polar surface area (TPSA) is 21.3 Å². The predicted octanol–water partition coefficient (Wildman–Crippen LogP) is 3.23. The van der Waals surface area contributed by atoms with Crippen molar-refractivity contribution in [3.63, 3.8) is 0 Å². The van der Waals surface area contributed by atoms with Crippen LogP contribution in [0.25, 0.3) is 0 Å². The zero-order chi connectivity index (χ0) is 10.7. The van der Waals surface area contributed by atoms with Crippen LogP contribution in [-0.4, -0.2) is 19.8 Å². The highest BCUT2D eigenvalue weighted by atomic mass is 35.5. The first kappa shape index (κ1) is 11.4. The number of halogens is 1. The molecule has 0 aliphatic carbocycles. The summed E-state index contributed by atoms with van der Waals surface area (Å²) in [5.41, 5.74) is 0. The lowest BCUT2D eigenvalue weighted by atomic mass is 10.0. The molecule has 1 aromatic rings. The second kappa shape index (κ2) is 5.30. The molecule has 0 spiro atoms. The molecule has 2 heterocycles. The molecule has 4 heteroatoms. The van der Waals surface area contributed by atoms with E-state index < -0.39 is 0 Å². The summed E-state index contributed by atoms with van der Waals surface area (Å²) in [6.07, 6.45) is 3.90. The number of nitrogens with one attached hydrogen (secondary N) is 1. The van der Waals surface area contributed by atoms with Crippen LogP contribution in [0.5, 0.6) is 0 Å². The summed E-state index contributed by atoms with van der Waals surface area (Å²) >= 11 is 7.59. The Kier molecular flexibility index (Phi) is 4.03. The standard InChI is InChI=1S/C11H16ClNOS/c1-13-11(8-4-2-3-7-14-8)9-5-6-10(12)15-9/h5-6,8,11,13H,2-4,7H2,1H3. The molecule has 1 saturated heterocycles. The minimum atomic E-state index is 0.294. The highest BCUT2D eigenvalue weighted by Gasteiger charge is 2.25. The largest absolute Gasteiger partial charge is 0.376 e. The SMILES string of the molecule is CNC(c1ccc(Cl)s1)C1CCCCO1. The molecule has 1 aliphatic heterocycles. The molecule has 0 radical (unpaired) electrons. The maximum absolute atomic E-state index is 5.95. The van der Waals surface area contributed by atoms with Gasteiger partial charge in [0, 0.05) is 11.5 Å². The molecule has 1 fully saturated rings. The zero-order valence-electron chi connectivity index (χ0n) is 8.83. The maximum Gasteiger partial charge on any atom is 0.0931 e. The summed E-state index contributed by atoms with van der Waals surface area (Å²) in [6.45, 7) is 0.891. The fraction of sp³-hybridized carbons (Fsp3) is 0.636. The van der Waals surface area contributed by atoms with Crippen molar-refractivity contribution in [3.05, 3.63) is 21.3 Å². The van der Waals surface area contributed by atoms with Crippen molar-refractivity contribution in [2.24, 2.45) is 0 Å². The van der Waals surface area contributed by atoms with Gasteiger partial charge < -0.3 is 10.1 Å². The van der Waals surface area contributed by atoms with E-state index in [4.69, 9.17) is 16.3 Å². The average molecular weight is 246 g/mol. The van der Waals surface area contributed by atoms with Crippen LogP contribution in [-0.2, 0) is 4.74 Å². The molecule has 2 nitrogen and oxygen atoms in total. The van der Waals surface area contributed by atoms with Gasteiger partial charge >= 0.3 is 0 Å².